The topological polar surface area (TPSA) is 46.5 Å². The zero-order valence-corrected chi connectivity index (χ0v) is 21.3. The Bertz CT molecular complexity index is 394. The Kier molecular flexibility index (Phi) is 14.0. The van der Waals surface area contributed by atoms with Crippen molar-refractivity contribution in [1.82, 2.24) is 0 Å². The number of allylic oxidation sites excluding steroid dienone is 1. The molecule has 1 N–H and O–H groups in total. The first kappa shape index (κ1) is 26.0. The SMILES string of the molecule is CCC[CH2][Sn]([CH2]CCC)([CH2]CCC)[CH](C)C(C(=O)OC)C(O)C=C(C)C. The van der Waals surface area contributed by atoms with E-state index in [1.807, 2.05) is 19.9 Å². The summed E-state index contributed by atoms with van der Waals surface area (Å²) in [6.07, 6.45) is 8.54. The van der Waals surface area contributed by atoms with E-state index in [0.717, 1.165) is 5.57 Å². The fourth-order valence-electron chi connectivity index (χ4n) is 4.25. The van der Waals surface area contributed by atoms with Gasteiger partial charge in [0.2, 0.25) is 0 Å². The van der Waals surface area contributed by atoms with Gasteiger partial charge in [0.05, 0.1) is 0 Å². The normalized spacial score (nSPS) is 15.2. The summed E-state index contributed by atoms with van der Waals surface area (Å²) in [7, 11) is 1.46. The number of rotatable bonds is 14. The Balaban J connectivity index is 5.90. The molecule has 0 rings (SSSR count). The summed E-state index contributed by atoms with van der Waals surface area (Å²) in [6, 6.07) is 0. The van der Waals surface area contributed by atoms with Gasteiger partial charge in [0.25, 0.3) is 0 Å². The number of aliphatic hydroxyl groups excluding tert-OH is 1. The zero-order valence-electron chi connectivity index (χ0n) is 18.4. The summed E-state index contributed by atoms with van der Waals surface area (Å²) in [4.78, 5) is 12.7. The molecule has 3 unspecified atom stereocenters. The molecule has 0 aliphatic heterocycles. The van der Waals surface area contributed by atoms with Crippen molar-refractivity contribution in [2.24, 2.45) is 5.92 Å². The van der Waals surface area contributed by atoms with Crippen LogP contribution in [0.3, 0.4) is 0 Å². The van der Waals surface area contributed by atoms with E-state index in [2.05, 4.69) is 27.7 Å². The fourth-order valence-corrected chi connectivity index (χ4v) is 22.5. The molecule has 3 nitrogen and oxygen atoms in total. The van der Waals surface area contributed by atoms with E-state index in [1.54, 1.807) is 0 Å². The van der Waals surface area contributed by atoms with Crippen LogP contribution in [0.1, 0.15) is 80.1 Å². The van der Waals surface area contributed by atoms with Gasteiger partial charge in [0.15, 0.2) is 0 Å². The van der Waals surface area contributed by atoms with Crippen molar-refractivity contribution in [1.29, 1.82) is 0 Å². The first-order chi connectivity index (χ1) is 12.3. The number of hydrogen-bond acceptors (Lipinski definition) is 3. The van der Waals surface area contributed by atoms with Gasteiger partial charge < -0.3 is 0 Å². The summed E-state index contributed by atoms with van der Waals surface area (Å²) in [6.45, 7) is 13.0. The maximum absolute atomic E-state index is 12.7. The van der Waals surface area contributed by atoms with Crippen LogP contribution in [-0.2, 0) is 9.53 Å². The van der Waals surface area contributed by atoms with Gasteiger partial charge in [-0.05, 0) is 0 Å². The average Bonchev–Trinajstić information content (AvgIpc) is 2.60. The molecule has 0 bridgehead atoms. The Hall–Kier alpha value is -0.0313. The second kappa shape index (κ2) is 14.0. The van der Waals surface area contributed by atoms with Gasteiger partial charge in [-0.3, -0.25) is 0 Å². The molecular weight excluding hydrogens is 431 g/mol. The number of unbranched alkanes of at least 4 members (excludes halogenated alkanes) is 3. The Labute approximate surface area is 166 Å². The van der Waals surface area contributed by atoms with Gasteiger partial charge in [0, 0.05) is 0 Å². The minimum absolute atomic E-state index is 0.229. The van der Waals surface area contributed by atoms with Crippen molar-refractivity contribution in [2.45, 2.75) is 103 Å². The second-order valence-electron chi connectivity index (χ2n) is 8.25. The maximum atomic E-state index is 12.7. The van der Waals surface area contributed by atoms with Crippen LogP contribution in [-0.4, -0.2) is 42.7 Å². The summed E-state index contributed by atoms with van der Waals surface area (Å²) in [5.74, 6) is -0.635. The van der Waals surface area contributed by atoms with Crippen molar-refractivity contribution < 1.29 is 14.6 Å². The van der Waals surface area contributed by atoms with E-state index in [9.17, 15) is 9.90 Å². The number of ether oxygens (including phenoxy) is 1. The first-order valence-corrected chi connectivity index (χ1v) is 18.4. The summed E-state index contributed by atoms with van der Waals surface area (Å²) in [5.41, 5.74) is 1.05. The van der Waals surface area contributed by atoms with Crippen LogP contribution >= 0.6 is 0 Å². The fraction of sp³-hybridized carbons (Fsp3) is 0.864. The molecule has 0 spiro atoms. The first-order valence-electron chi connectivity index (χ1n) is 10.7. The Morgan fingerprint density at radius 3 is 1.73 bits per heavy atom. The van der Waals surface area contributed by atoms with Crippen molar-refractivity contribution in [2.75, 3.05) is 7.11 Å². The van der Waals surface area contributed by atoms with Crippen LogP contribution in [0.15, 0.2) is 11.6 Å². The van der Waals surface area contributed by atoms with E-state index in [1.165, 1.54) is 58.9 Å². The van der Waals surface area contributed by atoms with Gasteiger partial charge in [-0.1, -0.05) is 0 Å². The van der Waals surface area contributed by atoms with Crippen LogP contribution in [0.5, 0.6) is 0 Å². The average molecular weight is 475 g/mol. The van der Waals surface area contributed by atoms with Gasteiger partial charge in [-0.2, -0.15) is 0 Å². The number of aliphatic hydroxyl groups is 1. The van der Waals surface area contributed by atoms with Gasteiger partial charge in [-0.15, -0.1) is 0 Å². The van der Waals surface area contributed by atoms with Gasteiger partial charge in [0.1, 0.15) is 0 Å². The quantitative estimate of drug-likeness (QED) is 0.181. The molecule has 0 aliphatic carbocycles. The molecule has 0 radical (unpaired) electrons. The third-order valence-electron chi connectivity index (χ3n) is 5.93. The summed E-state index contributed by atoms with van der Waals surface area (Å²) in [5, 5.41) is 10.8. The van der Waals surface area contributed by atoms with Crippen LogP contribution in [0.25, 0.3) is 0 Å². The number of hydrogen-bond donors (Lipinski definition) is 1. The van der Waals surface area contributed by atoms with Crippen molar-refractivity contribution in [3.63, 3.8) is 0 Å². The summed E-state index contributed by atoms with van der Waals surface area (Å²) >= 11 is -2.63. The van der Waals surface area contributed by atoms with Crippen LogP contribution in [0.2, 0.25) is 17.2 Å². The Morgan fingerprint density at radius 2 is 1.42 bits per heavy atom. The van der Waals surface area contributed by atoms with Gasteiger partial charge >= 0.3 is 167 Å². The Morgan fingerprint density at radius 1 is 1.00 bits per heavy atom. The molecular formula is C22H44O3Sn. The van der Waals surface area contributed by atoms with E-state index in [0.29, 0.717) is 3.93 Å². The molecule has 3 atom stereocenters. The predicted molar refractivity (Wildman–Crippen MR) is 115 cm³/mol. The van der Waals surface area contributed by atoms with E-state index in [4.69, 9.17) is 4.74 Å². The molecule has 4 heteroatoms. The van der Waals surface area contributed by atoms with Crippen LogP contribution in [0.4, 0.5) is 0 Å². The molecule has 0 amide bonds. The van der Waals surface area contributed by atoms with Gasteiger partial charge in [-0.25, -0.2) is 0 Å². The molecule has 0 saturated heterocycles. The number of esters is 1. The third kappa shape index (κ3) is 8.33. The molecule has 0 aromatic heterocycles. The third-order valence-corrected chi connectivity index (χ3v) is 24.0. The van der Waals surface area contributed by atoms with Crippen molar-refractivity contribution >= 4 is 24.3 Å². The number of carbonyl (C=O) groups is 1. The standard InChI is InChI=1S/C10H17O3.3C4H9.Sn/c1-5-8(10(12)13-4)9(11)6-7(2)3;3*1-3-4-2;/h5-6,8-9,11H,1-4H3;3*1,3-4H2,2H3;. The van der Waals surface area contributed by atoms with Crippen molar-refractivity contribution in [3.05, 3.63) is 11.6 Å². The molecule has 0 saturated carbocycles. The molecule has 154 valence electrons. The second-order valence-corrected chi connectivity index (χ2v) is 22.9. The van der Waals surface area contributed by atoms with Crippen molar-refractivity contribution in [3.8, 4) is 0 Å². The monoisotopic (exact) mass is 476 g/mol. The number of methoxy groups -OCH3 is 1. The molecule has 0 aliphatic rings. The molecule has 0 fully saturated rings. The van der Waals surface area contributed by atoms with E-state index >= 15 is 0 Å². The minimum atomic E-state index is -2.63. The van der Waals surface area contributed by atoms with E-state index < -0.39 is 30.4 Å². The molecule has 26 heavy (non-hydrogen) atoms. The van der Waals surface area contributed by atoms with E-state index in [-0.39, 0.29) is 5.97 Å². The zero-order chi connectivity index (χ0) is 20.2. The molecule has 0 aromatic rings. The predicted octanol–water partition coefficient (Wildman–Crippen LogP) is 6.34. The summed E-state index contributed by atoms with van der Waals surface area (Å²) < 4.78 is 9.45. The molecule has 0 heterocycles. The molecule has 0 aromatic carbocycles. The number of carbonyl (C=O) groups excluding carboxylic acids is 1. The van der Waals surface area contributed by atoms with Crippen LogP contribution in [0, 0.1) is 5.92 Å². The van der Waals surface area contributed by atoms with Crippen LogP contribution < -0.4 is 0 Å².